The van der Waals surface area contributed by atoms with Gasteiger partial charge in [0, 0.05) is 24.8 Å². The summed E-state index contributed by atoms with van der Waals surface area (Å²) in [6.45, 7) is 4.54. The number of amides is 1. The Kier molecular flexibility index (Phi) is 5.50. The summed E-state index contributed by atoms with van der Waals surface area (Å²) in [7, 11) is 0. The molecule has 0 radical (unpaired) electrons. The number of hydrogen-bond acceptors (Lipinski definition) is 4. The lowest BCUT2D eigenvalue weighted by Crippen LogP contribution is -2.38. The summed E-state index contributed by atoms with van der Waals surface area (Å²) in [4.78, 5) is 18.3. The minimum absolute atomic E-state index is 0.0262. The second kappa shape index (κ2) is 8.15. The number of halogens is 3. The summed E-state index contributed by atoms with van der Waals surface area (Å²) >= 11 is 0. The van der Waals surface area contributed by atoms with E-state index in [1.807, 2.05) is 38.1 Å². The fourth-order valence-corrected chi connectivity index (χ4v) is 3.79. The van der Waals surface area contributed by atoms with E-state index in [9.17, 15) is 18.0 Å². The first-order valence-electron chi connectivity index (χ1n) is 10.1. The van der Waals surface area contributed by atoms with Gasteiger partial charge in [-0.15, -0.1) is 0 Å². The monoisotopic (exact) mass is 442 g/mol. The maximum Gasteiger partial charge on any atom is 0.435 e. The van der Waals surface area contributed by atoms with E-state index in [-0.39, 0.29) is 31.7 Å². The quantitative estimate of drug-likeness (QED) is 0.613. The molecule has 1 aromatic carbocycles. The van der Waals surface area contributed by atoms with Gasteiger partial charge in [-0.2, -0.15) is 23.5 Å². The molecular weight excluding hydrogens is 421 g/mol. The van der Waals surface area contributed by atoms with Gasteiger partial charge < -0.3 is 9.47 Å². The number of aryl methyl sites for hydroxylation is 3. The van der Waals surface area contributed by atoms with E-state index in [2.05, 4.69) is 10.1 Å². The van der Waals surface area contributed by atoms with Crippen LogP contribution in [0, 0.1) is 25.2 Å². The summed E-state index contributed by atoms with van der Waals surface area (Å²) in [6.07, 6.45) is -1.62. The molecule has 0 aliphatic carbocycles. The number of aromatic nitrogens is 4. The lowest BCUT2D eigenvalue weighted by molar-refractivity contribution is -0.142. The van der Waals surface area contributed by atoms with E-state index >= 15 is 0 Å². The number of nitrogens with zero attached hydrogens (tertiary/aromatic N) is 6. The number of carbonyl (C=O) groups excluding carboxylic acids is 1. The molecule has 0 saturated heterocycles. The standard InChI is InChI=1S/C22H21F3N6O/c1-14-4-5-16(10-15(14)2)19-17(11-31(28-19)7-3-6-26)21(32)29-8-9-30-13-27-20(18(30)12-29)22(23,24)25/h4-5,10-11,13H,3,7-9,12H2,1-2H3. The van der Waals surface area contributed by atoms with Crippen LogP contribution in [0.3, 0.4) is 0 Å². The van der Waals surface area contributed by atoms with Crippen molar-refractivity contribution < 1.29 is 18.0 Å². The van der Waals surface area contributed by atoms with Gasteiger partial charge in [0.2, 0.25) is 0 Å². The Morgan fingerprint density at radius 3 is 2.69 bits per heavy atom. The average Bonchev–Trinajstić information content (AvgIpc) is 3.37. The summed E-state index contributed by atoms with van der Waals surface area (Å²) in [5.74, 6) is -0.401. The molecular formula is C22H21F3N6O. The Hall–Kier alpha value is -3.61. The molecule has 0 unspecified atom stereocenters. The van der Waals surface area contributed by atoms with Crippen LogP contribution < -0.4 is 0 Å². The summed E-state index contributed by atoms with van der Waals surface area (Å²) < 4.78 is 42.9. The number of benzene rings is 1. The number of alkyl halides is 3. The number of hydrogen-bond donors (Lipinski definition) is 0. The molecule has 1 aliphatic heterocycles. The number of carbonyl (C=O) groups is 1. The molecule has 2 aromatic heterocycles. The molecule has 10 heteroatoms. The third-order valence-electron chi connectivity index (χ3n) is 5.68. The van der Waals surface area contributed by atoms with Crippen LogP contribution in [0.25, 0.3) is 11.3 Å². The van der Waals surface area contributed by atoms with Crippen molar-refractivity contribution in [2.45, 2.75) is 46.1 Å². The van der Waals surface area contributed by atoms with Crippen molar-refractivity contribution in [2.24, 2.45) is 0 Å². The maximum absolute atomic E-state index is 13.4. The Bertz CT molecular complexity index is 1220. The van der Waals surface area contributed by atoms with Crippen LogP contribution in [0.1, 0.15) is 39.3 Å². The normalized spacial score (nSPS) is 13.7. The summed E-state index contributed by atoms with van der Waals surface area (Å²) in [5, 5.41) is 13.4. The van der Waals surface area contributed by atoms with Gasteiger partial charge in [0.25, 0.3) is 5.91 Å². The van der Waals surface area contributed by atoms with Crippen molar-refractivity contribution in [1.29, 1.82) is 5.26 Å². The van der Waals surface area contributed by atoms with Gasteiger partial charge in [0.05, 0.1) is 43.2 Å². The zero-order valence-corrected chi connectivity index (χ0v) is 17.6. The maximum atomic E-state index is 13.4. The molecule has 3 heterocycles. The SMILES string of the molecule is Cc1ccc(-c2nn(CCC#N)cc2C(=O)N2CCn3cnc(C(F)(F)F)c3C2)cc1C. The molecule has 32 heavy (non-hydrogen) atoms. The third-order valence-corrected chi connectivity index (χ3v) is 5.68. The topological polar surface area (TPSA) is 79.7 Å². The first kappa shape index (κ1) is 21.6. The highest BCUT2D eigenvalue weighted by Crippen LogP contribution is 2.33. The smallest absolute Gasteiger partial charge is 0.331 e. The first-order valence-corrected chi connectivity index (χ1v) is 10.1. The third kappa shape index (κ3) is 3.98. The molecule has 7 nitrogen and oxygen atoms in total. The van der Waals surface area contributed by atoms with Gasteiger partial charge in [0.15, 0.2) is 5.69 Å². The Morgan fingerprint density at radius 2 is 2.00 bits per heavy atom. The first-order chi connectivity index (χ1) is 15.2. The predicted octanol–water partition coefficient (Wildman–Crippen LogP) is 3.95. The molecule has 0 bridgehead atoms. The predicted molar refractivity (Wildman–Crippen MR) is 109 cm³/mol. The van der Waals surface area contributed by atoms with Crippen LogP contribution in [-0.4, -0.2) is 36.7 Å². The zero-order chi connectivity index (χ0) is 23.0. The molecule has 0 spiro atoms. The zero-order valence-electron chi connectivity index (χ0n) is 17.6. The van der Waals surface area contributed by atoms with Crippen molar-refractivity contribution in [1.82, 2.24) is 24.2 Å². The van der Waals surface area contributed by atoms with Crippen molar-refractivity contribution in [3.63, 3.8) is 0 Å². The second-order valence-electron chi connectivity index (χ2n) is 7.82. The highest BCUT2D eigenvalue weighted by molar-refractivity contribution is 6.00. The Labute approximate surface area is 182 Å². The molecule has 0 atom stereocenters. The van der Waals surface area contributed by atoms with E-state index < -0.39 is 17.8 Å². The van der Waals surface area contributed by atoms with Crippen LogP contribution >= 0.6 is 0 Å². The molecule has 0 N–H and O–H groups in total. The van der Waals surface area contributed by atoms with Crippen LogP contribution in [0.4, 0.5) is 13.2 Å². The Balaban J connectivity index is 1.70. The van der Waals surface area contributed by atoms with Crippen LogP contribution in [0.2, 0.25) is 0 Å². The van der Waals surface area contributed by atoms with Crippen molar-refractivity contribution in [3.05, 3.63) is 58.8 Å². The van der Waals surface area contributed by atoms with Crippen LogP contribution in [0.15, 0.2) is 30.7 Å². The molecule has 166 valence electrons. The fraction of sp³-hybridized carbons (Fsp3) is 0.364. The molecule has 1 amide bonds. The summed E-state index contributed by atoms with van der Waals surface area (Å²) in [5.41, 5.74) is 2.62. The van der Waals surface area contributed by atoms with E-state index in [4.69, 9.17) is 5.26 Å². The van der Waals surface area contributed by atoms with Crippen LogP contribution in [-0.2, 0) is 25.8 Å². The lowest BCUT2D eigenvalue weighted by Gasteiger charge is -2.29. The number of rotatable bonds is 4. The van der Waals surface area contributed by atoms with Crippen molar-refractivity contribution in [3.8, 4) is 17.3 Å². The Morgan fingerprint density at radius 1 is 1.22 bits per heavy atom. The molecule has 3 aromatic rings. The van der Waals surface area contributed by atoms with Crippen LogP contribution in [0.5, 0.6) is 0 Å². The largest absolute Gasteiger partial charge is 0.435 e. The van der Waals surface area contributed by atoms with E-state index in [0.29, 0.717) is 17.8 Å². The number of imidazole rings is 1. The van der Waals surface area contributed by atoms with E-state index in [1.165, 1.54) is 20.5 Å². The average molecular weight is 442 g/mol. The van der Waals surface area contributed by atoms with Crippen molar-refractivity contribution >= 4 is 5.91 Å². The second-order valence-corrected chi connectivity index (χ2v) is 7.82. The molecule has 0 fully saturated rings. The number of nitriles is 1. The lowest BCUT2D eigenvalue weighted by atomic mass is 10.0. The van der Waals surface area contributed by atoms with E-state index in [0.717, 1.165) is 16.7 Å². The molecule has 4 rings (SSSR count). The highest BCUT2D eigenvalue weighted by Gasteiger charge is 2.39. The fourth-order valence-electron chi connectivity index (χ4n) is 3.79. The van der Waals surface area contributed by atoms with Gasteiger partial charge >= 0.3 is 6.18 Å². The molecule has 1 aliphatic rings. The summed E-state index contributed by atoms with van der Waals surface area (Å²) in [6, 6.07) is 7.77. The van der Waals surface area contributed by atoms with Crippen molar-refractivity contribution in [2.75, 3.05) is 6.54 Å². The van der Waals surface area contributed by atoms with Gasteiger partial charge in [-0.05, 0) is 31.0 Å². The molecule has 0 saturated carbocycles. The minimum atomic E-state index is -4.58. The highest BCUT2D eigenvalue weighted by atomic mass is 19.4. The minimum Gasteiger partial charge on any atom is -0.331 e. The number of fused-ring (bicyclic) bond motifs is 1. The van der Waals surface area contributed by atoms with E-state index in [1.54, 1.807) is 6.20 Å². The van der Waals surface area contributed by atoms with Gasteiger partial charge in [0.1, 0.15) is 5.69 Å². The van der Waals surface area contributed by atoms with Gasteiger partial charge in [-0.3, -0.25) is 9.48 Å². The van der Waals surface area contributed by atoms with Gasteiger partial charge in [-0.1, -0.05) is 12.1 Å². The van der Waals surface area contributed by atoms with Gasteiger partial charge in [-0.25, -0.2) is 4.98 Å².